The zero-order chi connectivity index (χ0) is 16.1. The van der Waals surface area contributed by atoms with Gasteiger partial charge < -0.3 is 14.4 Å². The fourth-order valence-corrected chi connectivity index (χ4v) is 3.28. The Morgan fingerprint density at radius 2 is 1.96 bits per heavy atom. The lowest BCUT2D eigenvalue weighted by molar-refractivity contribution is -0.0112. The first kappa shape index (κ1) is 16.7. The van der Waals surface area contributed by atoms with Crippen molar-refractivity contribution in [1.29, 1.82) is 0 Å². The topological polar surface area (TPSA) is 42.0 Å². The molecule has 0 aromatic heterocycles. The number of nitrogens with zero attached hydrogens (tertiary/aromatic N) is 2. The normalized spacial score (nSPS) is 23.5. The summed E-state index contributed by atoms with van der Waals surface area (Å²) in [5, 5.41) is 0.507. The van der Waals surface area contributed by atoms with E-state index >= 15 is 0 Å². The number of halogens is 1. The Morgan fingerprint density at radius 1 is 1.17 bits per heavy atom. The van der Waals surface area contributed by atoms with Crippen molar-refractivity contribution in [3.05, 3.63) is 34.9 Å². The van der Waals surface area contributed by atoms with E-state index < -0.39 is 0 Å². The summed E-state index contributed by atoms with van der Waals surface area (Å²) in [7, 11) is 0. The lowest BCUT2D eigenvalue weighted by Crippen LogP contribution is -2.45. The van der Waals surface area contributed by atoms with Gasteiger partial charge in [-0.15, -0.1) is 0 Å². The predicted octanol–water partition coefficient (Wildman–Crippen LogP) is 1.90. The van der Waals surface area contributed by atoms with Crippen molar-refractivity contribution in [3.8, 4) is 0 Å². The van der Waals surface area contributed by atoms with Gasteiger partial charge in [0.15, 0.2) is 0 Å². The highest BCUT2D eigenvalue weighted by Gasteiger charge is 2.26. The van der Waals surface area contributed by atoms with E-state index in [1.54, 1.807) is 12.1 Å². The Balaban J connectivity index is 1.64. The van der Waals surface area contributed by atoms with Crippen LogP contribution in [0.5, 0.6) is 0 Å². The molecule has 2 heterocycles. The van der Waals surface area contributed by atoms with Crippen molar-refractivity contribution >= 4 is 17.5 Å². The van der Waals surface area contributed by atoms with Crippen molar-refractivity contribution in [2.75, 3.05) is 52.5 Å². The molecule has 1 amide bonds. The highest BCUT2D eigenvalue weighted by Crippen LogP contribution is 2.19. The lowest BCUT2D eigenvalue weighted by atomic mass is 10.1. The smallest absolute Gasteiger partial charge is 0.255 e. The Labute approximate surface area is 142 Å². The molecule has 5 nitrogen and oxygen atoms in total. The van der Waals surface area contributed by atoms with Crippen LogP contribution >= 0.6 is 11.6 Å². The summed E-state index contributed by atoms with van der Waals surface area (Å²) < 4.78 is 11.3. The molecule has 0 spiro atoms. The first-order valence-corrected chi connectivity index (χ1v) is 8.57. The van der Waals surface area contributed by atoms with Gasteiger partial charge >= 0.3 is 0 Å². The highest BCUT2D eigenvalue weighted by molar-refractivity contribution is 6.33. The summed E-state index contributed by atoms with van der Waals surface area (Å²) in [6.07, 6.45) is 0.901. The van der Waals surface area contributed by atoms with Gasteiger partial charge in [0.25, 0.3) is 5.91 Å². The van der Waals surface area contributed by atoms with E-state index in [4.69, 9.17) is 21.1 Å². The minimum Gasteiger partial charge on any atom is -0.379 e. The second kappa shape index (κ2) is 8.11. The standard InChI is InChI=1S/C17H23ClN2O3/c18-16-5-2-1-4-15(16)17(21)20-6-3-9-23-14(13-20)12-19-7-10-22-11-8-19/h1-2,4-5,14H,3,6-13H2. The molecule has 0 bridgehead atoms. The van der Waals surface area contributed by atoms with E-state index in [0.29, 0.717) is 30.3 Å². The molecule has 2 aliphatic heterocycles. The number of ether oxygens (including phenoxy) is 2. The molecule has 126 valence electrons. The third-order valence-electron chi connectivity index (χ3n) is 4.31. The van der Waals surface area contributed by atoms with E-state index in [0.717, 1.165) is 39.3 Å². The maximum absolute atomic E-state index is 12.8. The molecule has 0 aliphatic carbocycles. The maximum atomic E-state index is 12.8. The summed E-state index contributed by atoms with van der Waals surface area (Å²) in [6, 6.07) is 7.23. The molecule has 3 rings (SSSR count). The van der Waals surface area contributed by atoms with Crippen LogP contribution in [0, 0.1) is 0 Å². The van der Waals surface area contributed by atoms with Crippen LogP contribution in [0.2, 0.25) is 5.02 Å². The zero-order valence-electron chi connectivity index (χ0n) is 13.2. The van der Waals surface area contributed by atoms with Gasteiger partial charge in [0.1, 0.15) is 0 Å². The monoisotopic (exact) mass is 338 g/mol. The zero-order valence-corrected chi connectivity index (χ0v) is 14.0. The average Bonchev–Trinajstić information content (AvgIpc) is 2.81. The molecule has 1 aromatic carbocycles. The highest BCUT2D eigenvalue weighted by atomic mass is 35.5. The average molecular weight is 339 g/mol. The maximum Gasteiger partial charge on any atom is 0.255 e. The Kier molecular flexibility index (Phi) is 5.89. The number of hydrogen-bond donors (Lipinski definition) is 0. The van der Waals surface area contributed by atoms with Crippen LogP contribution < -0.4 is 0 Å². The van der Waals surface area contributed by atoms with E-state index in [-0.39, 0.29) is 12.0 Å². The fourth-order valence-electron chi connectivity index (χ4n) is 3.07. The van der Waals surface area contributed by atoms with Crippen LogP contribution in [0.1, 0.15) is 16.8 Å². The van der Waals surface area contributed by atoms with Crippen LogP contribution in [0.15, 0.2) is 24.3 Å². The molecule has 1 aromatic rings. The second-order valence-corrected chi connectivity index (χ2v) is 6.40. The van der Waals surface area contributed by atoms with Gasteiger partial charge in [-0.1, -0.05) is 23.7 Å². The van der Waals surface area contributed by atoms with Gasteiger partial charge in [0.2, 0.25) is 0 Å². The van der Waals surface area contributed by atoms with E-state index in [1.165, 1.54) is 0 Å². The van der Waals surface area contributed by atoms with Crippen LogP contribution in [0.3, 0.4) is 0 Å². The Bertz CT molecular complexity index is 534. The number of morpholine rings is 1. The minimum absolute atomic E-state index is 0.00641. The molecule has 0 saturated carbocycles. The quantitative estimate of drug-likeness (QED) is 0.844. The van der Waals surface area contributed by atoms with Crippen LogP contribution in [-0.4, -0.2) is 74.4 Å². The van der Waals surface area contributed by atoms with Crippen LogP contribution in [-0.2, 0) is 9.47 Å². The van der Waals surface area contributed by atoms with Crippen molar-refractivity contribution in [2.45, 2.75) is 12.5 Å². The van der Waals surface area contributed by atoms with E-state index in [9.17, 15) is 4.79 Å². The van der Waals surface area contributed by atoms with Gasteiger partial charge in [0, 0.05) is 39.3 Å². The summed E-state index contributed by atoms with van der Waals surface area (Å²) in [5.41, 5.74) is 0.571. The minimum atomic E-state index is -0.00641. The number of benzene rings is 1. The molecule has 2 aliphatic rings. The molecular formula is C17H23ClN2O3. The van der Waals surface area contributed by atoms with Gasteiger partial charge in [-0.25, -0.2) is 0 Å². The Morgan fingerprint density at radius 3 is 2.74 bits per heavy atom. The summed E-state index contributed by atoms with van der Waals surface area (Å²) in [5.74, 6) is -0.00641. The number of carbonyl (C=O) groups is 1. The third-order valence-corrected chi connectivity index (χ3v) is 4.64. The number of hydrogen-bond acceptors (Lipinski definition) is 4. The molecule has 0 N–H and O–H groups in total. The second-order valence-electron chi connectivity index (χ2n) is 5.99. The predicted molar refractivity (Wildman–Crippen MR) is 89.0 cm³/mol. The molecule has 2 fully saturated rings. The van der Waals surface area contributed by atoms with Gasteiger partial charge in [-0.05, 0) is 18.6 Å². The van der Waals surface area contributed by atoms with E-state index in [2.05, 4.69) is 4.90 Å². The van der Waals surface area contributed by atoms with Gasteiger partial charge in [0.05, 0.1) is 29.9 Å². The van der Waals surface area contributed by atoms with Gasteiger partial charge in [-0.2, -0.15) is 0 Å². The van der Waals surface area contributed by atoms with Crippen LogP contribution in [0.25, 0.3) is 0 Å². The van der Waals surface area contributed by atoms with Crippen molar-refractivity contribution in [1.82, 2.24) is 9.80 Å². The number of carbonyl (C=O) groups excluding carboxylic acids is 1. The SMILES string of the molecule is O=C(c1ccccc1Cl)N1CCCOC(CN2CCOCC2)C1. The molecule has 2 saturated heterocycles. The van der Waals surface area contributed by atoms with Crippen molar-refractivity contribution in [2.24, 2.45) is 0 Å². The molecule has 23 heavy (non-hydrogen) atoms. The largest absolute Gasteiger partial charge is 0.379 e. The molecule has 1 atom stereocenters. The Hall–Kier alpha value is -1.14. The summed E-state index contributed by atoms with van der Waals surface area (Å²) in [6.45, 7) is 6.27. The van der Waals surface area contributed by atoms with Crippen LogP contribution in [0.4, 0.5) is 0 Å². The van der Waals surface area contributed by atoms with Crippen molar-refractivity contribution in [3.63, 3.8) is 0 Å². The molecular weight excluding hydrogens is 316 g/mol. The molecule has 0 radical (unpaired) electrons. The lowest BCUT2D eigenvalue weighted by Gasteiger charge is -2.31. The molecule has 1 unspecified atom stereocenters. The first-order valence-electron chi connectivity index (χ1n) is 8.19. The number of amides is 1. The summed E-state index contributed by atoms with van der Waals surface area (Å²) >= 11 is 6.17. The fraction of sp³-hybridized carbons (Fsp3) is 0.588. The first-order chi connectivity index (χ1) is 11.2. The van der Waals surface area contributed by atoms with Crippen molar-refractivity contribution < 1.29 is 14.3 Å². The third kappa shape index (κ3) is 4.44. The molecule has 6 heteroatoms. The van der Waals surface area contributed by atoms with Gasteiger partial charge in [-0.3, -0.25) is 9.69 Å². The number of rotatable bonds is 3. The van der Waals surface area contributed by atoms with E-state index in [1.807, 2.05) is 17.0 Å². The summed E-state index contributed by atoms with van der Waals surface area (Å²) in [4.78, 5) is 17.0.